The van der Waals surface area contributed by atoms with Crippen LogP contribution in [0.2, 0.25) is 0 Å². The molecular formula is C21H23N3O6S. The van der Waals surface area contributed by atoms with Crippen LogP contribution in [-0.2, 0) is 26.0 Å². The molecule has 164 valence electrons. The first-order chi connectivity index (χ1) is 14.7. The first-order valence-corrected chi connectivity index (χ1v) is 11.1. The van der Waals surface area contributed by atoms with E-state index < -0.39 is 34.5 Å². The Kier molecular flexibility index (Phi) is 6.59. The van der Waals surface area contributed by atoms with Crippen molar-refractivity contribution < 1.29 is 27.5 Å². The number of imide groups is 1. The van der Waals surface area contributed by atoms with Crippen molar-refractivity contribution in [3.63, 3.8) is 0 Å². The summed E-state index contributed by atoms with van der Waals surface area (Å²) in [5, 5.41) is 4.38. The third kappa shape index (κ3) is 4.85. The minimum absolute atomic E-state index is 0.0213. The highest BCUT2D eigenvalue weighted by molar-refractivity contribution is 7.92. The van der Waals surface area contributed by atoms with Crippen molar-refractivity contribution in [3.8, 4) is 0 Å². The second-order valence-corrected chi connectivity index (χ2v) is 8.81. The molecule has 1 atom stereocenters. The molecule has 0 aliphatic carbocycles. The smallest absolute Gasteiger partial charge is 0.338 e. The quantitative estimate of drug-likeness (QED) is 0.654. The predicted octanol–water partition coefficient (Wildman–Crippen LogP) is 1.83. The Labute approximate surface area is 180 Å². The number of esters is 1. The van der Waals surface area contributed by atoms with Gasteiger partial charge in [0, 0.05) is 12.6 Å². The number of ether oxygens (including phenoxy) is 1. The standard InChI is InChI=1S/C21H23N3O6S/c1-3-22-21(27)23-19(25)13-30-20(26)16-8-6-9-17(12-16)31(28,29)24-14(2)11-15-7-4-5-10-18(15)24/h4-10,12,14H,3,11,13H2,1-2H3,(H2,22,23,25,27)/t14-/m0/s1. The van der Waals surface area contributed by atoms with E-state index in [1.54, 1.807) is 19.1 Å². The lowest BCUT2D eigenvalue weighted by Gasteiger charge is -2.24. The maximum Gasteiger partial charge on any atom is 0.338 e. The summed E-state index contributed by atoms with van der Waals surface area (Å²) in [5.41, 5.74) is 1.53. The van der Waals surface area contributed by atoms with E-state index in [0.29, 0.717) is 18.7 Å². The lowest BCUT2D eigenvalue weighted by molar-refractivity contribution is -0.123. The molecule has 0 radical (unpaired) electrons. The normalized spacial score (nSPS) is 15.2. The molecule has 2 aromatic rings. The number of nitrogens with zero attached hydrogens (tertiary/aromatic N) is 1. The average Bonchev–Trinajstić information content (AvgIpc) is 3.08. The van der Waals surface area contributed by atoms with Crippen molar-refractivity contribution in [2.75, 3.05) is 17.5 Å². The minimum Gasteiger partial charge on any atom is -0.452 e. The van der Waals surface area contributed by atoms with E-state index in [0.717, 1.165) is 5.56 Å². The molecule has 0 saturated heterocycles. The van der Waals surface area contributed by atoms with Crippen molar-refractivity contribution in [3.05, 3.63) is 59.7 Å². The van der Waals surface area contributed by atoms with Crippen LogP contribution < -0.4 is 14.9 Å². The number of sulfonamides is 1. The molecule has 9 nitrogen and oxygen atoms in total. The molecule has 1 heterocycles. The number of carbonyl (C=O) groups excluding carboxylic acids is 3. The van der Waals surface area contributed by atoms with Gasteiger partial charge in [0.2, 0.25) is 0 Å². The Morgan fingerprint density at radius 2 is 1.87 bits per heavy atom. The van der Waals surface area contributed by atoms with Crippen LogP contribution in [0, 0.1) is 0 Å². The molecule has 10 heteroatoms. The summed E-state index contributed by atoms with van der Waals surface area (Å²) in [7, 11) is -3.92. The number of para-hydroxylation sites is 1. The predicted molar refractivity (Wildman–Crippen MR) is 113 cm³/mol. The van der Waals surface area contributed by atoms with Gasteiger partial charge in [-0.2, -0.15) is 0 Å². The fraction of sp³-hybridized carbons (Fsp3) is 0.286. The Morgan fingerprint density at radius 1 is 1.13 bits per heavy atom. The van der Waals surface area contributed by atoms with E-state index in [1.165, 1.54) is 28.6 Å². The number of anilines is 1. The molecular weight excluding hydrogens is 422 g/mol. The molecule has 2 aromatic carbocycles. The summed E-state index contributed by atoms with van der Waals surface area (Å²) in [6.45, 7) is 3.17. The summed E-state index contributed by atoms with van der Waals surface area (Å²) in [5.74, 6) is -1.68. The second-order valence-electron chi connectivity index (χ2n) is 6.99. The van der Waals surface area contributed by atoms with Crippen molar-refractivity contribution in [2.45, 2.75) is 31.2 Å². The highest BCUT2D eigenvalue weighted by atomic mass is 32.2. The Morgan fingerprint density at radius 3 is 2.61 bits per heavy atom. The molecule has 0 aromatic heterocycles. The first kappa shape index (κ1) is 22.3. The van der Waals surface area contributed by atoms with Crippen molar-refractivity contribution in [2.24, 2.45) is 0 Å². The summed E-state index contributed by atoms with van der Waals surface area (Å²) >= 11 is 0. The number of rotatable bonds is 6. The zero-order chi connectivity index (χ0) is 22.6. The Bertz CT molecular complexity index is 1120. The highest BCUT2D eigenvalue weighted by Crippen LogP contribution is 2.36. The van der Waals surface area contributed by atoms with Gasteiger partial charge in [-0.05, 0) is 50.1 Å². The third-order valence-electron chi connectivity index (χ3n) is 4.70. The lowest BCUT2D eigenvalue weighted by atomic mass is 10.1. The van der Waals surface area contributed by atoms with Crippen molar-refractivity contribution in [1.29, 1.82) is 0 Å². The molecule has 0 bridgehead atoms. The highest BCUT2D eigenvalue weighted by Gasteiger charge is 2.36. The second kappa shape index (κ2) is 9.17. The SMILES string of the molecule is CCNC(=O)NC(=O)COC(=O)c1cccc(S(=O)(=O)N2c3ccccc3C[C@@H]2C)c1. The number of hydrogen-bond acceptors (Lipinski definition) is 6. The zero-order valence-corrected chi connectivity index (χ0v) is 17.9. The summed E-state index contributed by atoms with van der Waals surface area (Å²) < 4.78 is 32.8. The third-order valence-corrected chi connectivity index (χ3v) is 6.62. The van der Waals surface area contributed by atoms with Gasteiger partial charge in [-0.15, -0.1) is 0 Å². The number of nitrogens with one attached hydrogen (secondary N) is 2. The van der Waals surface area contributed by atoms with Crippen molar-refractivity contribution >= 4 is 33.6 Å². The van der Waals surface area contributed by atoms with Gasteiger partial charge in [0.1, 0.15) is 0 Å². The molecule has 1 aliphatic rings. The van der Waals surface area contributed by atoms with E-state index in [9.17, 15) is 22.8 Å². The summed E-state index contributed by atoms with van der Waals surface area (Å²) in [6, 6.07) is 11.8. The van der Waals surface area contributed by atoms with Gasteiger partial charge in [-0.1, -0.05) is 24.3 Å². The molecule has 3 rings (SSSR count). The number of urea groups is 1. The first-order valence-electron chi connectivity index (χ1n) is 9.71. The summed E-state index contributed by atoms with van der Waals surface area (Å²) in [4.78, 5) is 35.2. The van der Waals surface area contributed by atoms with E-state index >= 15 is 0 Å². The van der Waals surface area contributed by atoms with Gasteiger partial charge < -0.3 is 10.1 Å². The van der Waals surface area contributed by atoms with Crippen LogP contribution >= 0.6 is 0 Å². The number of amides is 3. The van der Waals surface area contributed by atoms with Crippen LogP contribution in [0.5, 0.6) is 0 Å². The van der Waals surface area contributed by atoms with Gasteiger partial charge in [0.05, 0.1) is 16.1 Å². The van der Waals surface area contributed by atoms with E-state index in [-0.39, 0.29) is 16.5 Å². The maximum absolute atomic E-state index is 13.3. The van der Waals surface area contributed by atoms with Crippen LogP contribution in [-0.4, -0.2) is 45.5 Å². The largest absolute Gasteiger partial charge is 0.452 e. The van der Waals surface area contributed by atoms with Crippen LogP contribution in [0.1, 0.15) is 29.8 Å². The fourth-order valence-electron chi connectivity index (χ4n) is 3.38. The number of benzene rings is 2. The zero-order valence-electron chi connectivity index (χ0n) is 17.1. The van der Waals surface area contributed by atoms with Crippen LogP contribution in [0.25, 0.3) is 0 Å². The van der Waals surface area contributed by atoms with E-state index in [4.69, 9.17) is 4.74 Å². The van der Waals surface area contributed by atoms with Crippen LogP contribution in [0.4, 0.5) is 10.5 Å². The number of hydrogen-bond donors (Lipinski definition) is 2. The number of carbonyl (C=O) groups is 3. The molecule has 0 unspecified atom stereocenters. The monoisotopic (exact) mass is 445 g/mol. The Hall–Kier alpha value is -3.40. The molecule has 2 N–H and O–H groups in total. The van der Waals surface area contributed by atoms with Gasteiger partial charge in [0.25, 0.3) is 15.9 Å². The molecule has 0 spiro atoms. The maximum atomic E-state index is 13.3. The topological polar surface area (TPSA) is 122 Å². The van der Waals surface area contributed by atoms with Crippen LogP contribution in [0.3, 0.4) is 0 Å². The fourth-order valence-corrected chi connectivity index (χ4v) is 5.12. The molecule has 3 amide bonds. The molecule has 31 heavy (non-hydrogen) atoms. The average molecular weight is 445 g/mol. The van der Waals surface area contributed by atoms with Gasteiger partial charge in [-0.25, -0.2) is 18.0 Å². The van der Waals surface area contributed by atoms with Gasteiger partial charge in [0.15, 0.2) is 6.61 Å². The van der Waals surface area contributed by atoms with Crippen LogP contribution in [0.15, 0.2) is 53.4 Å². The van der Waals surface area contributed by atoms with Crippen molar-refractivity contribution in [1.82, 2.24) is 10.6 Å². The van der Waals surface area contributed by atoms with E-state index in [1.807, 2.05) is 24.4 Å². The number of fused-ring (bicyclic) bond motifs is 1. The van der Waals surface area contributed by atoms with Gasteiger partial charge in [-0.3, -0.25) is 14.4 Å². The lowest BCUT2D eigenvalue weighted by Crippen LogP contribution is -2.41. The molecule has 1 aliphatic heterocycles. The van der Waals surface area contributed by atoms with Gasteiger partial charge >= 0.3 is 12.0 Å². The van der Waals surface area contributed by atoms with E-state index in [2.05, 4.69) is 5.32 Å². The minimum atomic E-state index is -3.92. The summed E-state index contributed by atoms with van der Waals surface area (Å²) in [6.07, 6.45) is 0.595. The molecule has 0 fully saturated rings. The Balaban J connectivity index is 1.75. The molecule has 0 saturated carbocycles.